The quantitative estimate of drug-likeness (QED) is 0.759. The zero-order valence-corrected chi connectivity index (χ0v) is 13.0. The van der Waals surface area contributed by atoms with Crippen molar-refractivity contribution in [3.05, 3.63) is 0 Å². The van der Waals surface area contributed by atoms with Crippen LogP contribution in [0, 0.1) is 17.3 Å². The van der Waals surface area contributed by atoms with Crippen LogP contribution >= 0.6 is 0 Å². The summed E-state index contributed by atoms with van der Waals surface area (Å²) >= 11 is 0. The molecule has 0 aromatic rings. The Hall–Kier alpha value is -0.0800. The topological polar surface area (TPSA) is 15.3 Å². The van der Waals surface area contributed by atoms with Gasteiger partial charge in [0.1, 0.15) is 0 Å². The van der Waals surface area contributed by atoms with Crippen molar-refractivity contribution < 1.29 is 0 Å². The molecule has 0 aromatic carbocycles. The molecule has 0 bridgehead atoms. The Balaban J connectivity index is 1.63. The van der Waals surface area contributed by atoms with Crippen molar-refractivity contribution >= 4 is 0 Å². The third-order valence-electron chi connectivity index (χ3n) is 5.53. The van der Waals surface area contributed by atoms with Crippen LogP contribution in [-0.2, 0) is 0 Å². The third-order valence-corrected chi connectivity index (χ3v) is 5.53. The molecule has 3 saturated carbocycles. The summed E-state index contributed by atoms with van der Waals surface area (Å²) in [6.07, 6.45) is 11.7. The van der Waals surface area contributed by atoms with E-state index in [1.807, 2.05) is 0 Å². The van der Waals surface area contributed by atoms with Crippen LogP contribution in [0.3, 0.4) is 0 Å². The second-order valence-electron chi connectivity index (χ2n) is 7.84. The summed E-state index contributed by atoms with van der Waals surface area (Å²) in [4.78, 5) is 2.88. The summed E-state index contributed by atoms with van der Waals surface area (Å²) in [5.41, 5.74) is 0.573. The van der Waals surface area contributed by atoms with Gasteiger partial charge >= 0.3 is 0 Å². The first-order chi connectivity index (χ1) is 9.21. The molecule has 3 aliphatic rings. The minimum atomic E-state index is 0.573. The first-order valence-corrected chi connectivity index (χ1v) is 8.59. The Morgan fingerprint density at radius 1 is 1.16 bits per heavy atom. The minimum absolute atomic E-state index is 0.573. The molecule has 0 amide bonds. The van der Waals surface area contributed by atoms with E-state index in [4.69, 9.17) is 0 Å². The van der Waals surface area contributed by atoms with E-state index in [2.05, 4.69) is 24.2 Å². The lowest BCUT2D eigenvalue weighted by Gasteiger charge is -2.43. The Morgan fingerprint density at radius 2 is 1.95 bits per heavy atom. The molecular weight excluding hydrogens is 232 g/mol. The van der Waals surface area contributed by atoms with Crippen molar-refractivity contribution in [3.8, 4) is 0 Å². The lowest BCUT2D eigenvalue weighted by atomic mass is 9.69. The lowest BCUT2D eigenvalue weighted by Crippen LogP contribution is -2.47. The molecule has 0 aliphatic heterocycles. The Kier molecular flexibility index (Phi) is 4.19. The SMILES string of the molecule is CNCC1(CN(CC2CC2)C2CC2)CCCC(C)C1. The molecule has 0 spiro atoms. The predicted molar refractivity (Wildman–Crippen MR) is 81.3 cm³/mol. The number of rotatable bonds is 7. The molecular formula is C17H32N2. The van der Waals surface area contributed by atoms with Gasteiger partial charge in [-0.2, -0.15) is 0 Å². The van der Waals surface area contributed by atoms with Crippen LogP contribution < -0.4 is 5.32 Å². The fraction of sp³-hybridized carbons (Fsp3) is 1.00. The molecule has 1 N–H and O–H groups in total. The van der Waals surface area contributed by atoms with Gasteiger partial charge in [0.2, 0.25) is 0 Å². The monoisotopic (exact) mass is 264 g/mol. The molecule has 2 unspecified atom stereocenters. The van der Waals surface area contributed by atoms with Gasteiger partial charge in [-0.1, -0.05) is 19.8 Å². The minimum Gasteiger partial charge on any atom is -0.319 e. The van der Waals surface area contributed by atoms with Gasteiger partial charge in [-0.05, 0) is 62.8 Å². The Labute approximate surface area is 119 Å². The highest BCUT2D eigenvalue weighted by atomic mass is 15.2. The molecule has 0 aromatic heterocycles. The second kappa shape index (κ2) is 5.73. The molecule has 2 atom stereocenters. The van der Waals surface area contributed by atoms with Gasteiger partial charge in [0.25, 0.3) is 0 Å². The Morgan fingerprint density at radius 3 is 2.53 bits per heavy atom. The molecule has 3 aliphatic carbocycles. The summed E-state index contributed by atoms with van der Waals surface area (Å²) in [5.74, 6) is 1.98. The molecule has 3 fully saturated rings. The highest BCUT2D eigenvalue weighted by Gasteiger charge is 2.41. The molecule has 2 nitrogen and oxygen atoms in total. The van der Waals surface area contributed by atoms with Crippen LogP contribution in [0.25, 0.3) is 0 Å². The Bertz CT molecular complexity index is 292. The van der Waals surface area contributed by atoms with E-state index in [1.54, 1.807) is 0 Å². The largest absolute Gasteiger partial charge is 0.319 e. The second-order valence-corrected chi connectivity index (χ2v) is 7.84. The van der Waals surface area contributed by atoms with Crippen LogP contribution in [0.4, 0.5) is 0 Å². The molecule has 110 valence electrons. The fourth-order valence-electron chi connectivity index (χ4n) is 4.35. The van der Waals surface area contributed by atoms with Gasteiger partial charge in [-0.15, -0.1) is 0 Å². The average Bonchev–Trinajstić information content (AvgIpc) is 3.23. The van der Waals surface area contributed by atoms with Crippen molar-refractivity contribution in [2.45, 2.75) is 64.3 Å². The van der Waals surface area contributed by atoms with Crippen molar-refractivity contribution in [2.75, 3.05) is 26.7 Å². The van der Waals surface area contributed by atoms with Crippen LogP contribution in [0.5, 0.6) is 0 Å². The number of hydrogen-bond acceptors (Lipinski definition) is 2. The van der Waals surface area contributed by atoms with Gasteiger partial charge in [0, 0.05) is 25.7 Å². The van der Waals surface area contributed by atoms with Crippen molar-refractivity contribution in [1.29, 1.82) is 0 Å². The first kappa shape index (κ1) is 13.9. The van der Waals surface area contributed by atoms with Crippen LogP contribution in [0.1, 0.15) is 58.3 Å². The van der Waals surface area contributed by atoms with Crippen molar-refractivity contribution in [3.63, 3.8) is 0 Å². The molecule has 19 heavy (non-hydrogen) atoms. The normalized spacial score (nSPS) is 35.8. The maximum atomic E-state index is 3.51. The zero-order chi connectivity index (χ0) is 13.3. The van der Waals surface area contributed by atoms with E-state index in [0.717, 1.165) is 17.9 Å². The lowest BCUT2D eigenvalue weighted by molar-refractivity contribution is 0.0751. The number of nitrogens with one attached hydrogen (secondary N) is 1. The highest BCUT2D eigenvalue weighted by molar-refractivity contribution is 4.95. The van der Waals surface area contributed by atoms with Gasteiger partial charge in [-0.3, -0.25) is 4.90 Å². The first-order valence-electron chi connectivity index (χ1n) is 8.59. The standard InChI is InChI=1S/C17H32N2/c1-14-4-3-9-17(10-14,12-18-2)13-19(16-7-8-16)11-15-5-6-15/h14-16,18H,3-13H2,1-2H3. The third kappa shape index (κ3) is 3.72. The maximum Gasteiger partial charge on any atom is 0.00967 e. The van der Waals surface area contributed by atoms with Gasteiger partial charge in [-0.25, -0.2) is 0 Å². The highest BCUT2D eigenvalue weighted by Crippen LogP contribution is 2.43. The van der Waals surface area contributed by atoms with Gasteiger partial charge in [0.05, 0.1) is 0 Å². The molecule has 0 saturated heterocycles. The zero-order valence-electron chi connectivity index (χ0n) is 13.0. The van der Waals surface area contributed by atoms with E-state index >= 15 is 0 Å². The van der Waals surface area contributed by atoms with Gasteiger partial charge in [0.15, 0.2) is 0 Å². The van der Waals surface area contributed by atoms with E-state index in [9.17, 15) is 0 Å². The van der Waals surface area contributed by atoms with Crippen molar-refractivity contribution in [2.24, 2.45) is 17.3 Å². The van der Waals surface area contributed by atoms with E-state index in [1.165, 1.54) is 71.0 Å². The fourth-order valence-corrected chi connectivity index (χ4v) is 4.35. The number of hydrogen-bond donors (Lipinski definition) is 1. The maximum absolute atomic E-state index is 3.51. The van der Waals surface area contributed by atoms with Crippen LogP contribution in [0.15, 0.2) is 0 Å². The predicted octanol–water partition coefficient (Wildman–Crippen LogP) is 3.28. The number of nitrogens with zero attached hydrogens (tertiary/aromatic N) is 1. The van der Waals surface area contributed by atoms with Crippen LogP contribution in [0.2, 0.25) is 0 Å². The molecule has 0 heterocycles. The average molecular weight is 264 g/mol. The molecule has 3 rings (SSSR count). The van der Waals surface area contributed by atoms with Crippen LogP contribution in [-0.4, -0.2) is 37.6 Å². The summed E-state index contributed by atoms with van der Waals surface area (Å²) in [6, 6.07) is 0.951. The summed E-state index contributed by atoms with van der Waals surface area (Å²) in [6.45, 7) is 6.47. The van der Waals surface area contributed by atoms with E-state index in [0.29, 0.717) is 5.41 Å². The summed E-state index contributed by atoms with van der Waals surface area (Å²) in [7, 11) is 2.14. The van der Waals surface area contributed by atoms with E-state index < -0.39 is 0 Å². The summed E-state index contributed by atoms with van der Waals surface area (Å²) < 4.78 is 0. The molecule has 2 heteroatoms. The summed E-state index contributed by atoms with van der Waals surface area (Å²) in [5, 5.41) is 3.51. The van der Waals surface area contributed by atoms with Gasteiger partial charge < -0.3 is 5.32 Å². The van der Waals surface area contributed by atoms with E-state index in [-0.39, 0.29) is 0 Å². The van der Waals surface area contributed by atoms with Crippen molar-refractivity contribution in [1.82, 2.24) is 10.2 Å². The molecule has 0 radical (unpaired) electrons. The smallest absolute Gasteiger partial charge is 0.00967 e.